The molecule has 0 aliphatic carbocycles. The van der Waals surface area contributed by atoms with E-state index in [-0.39, 0.29) is 5.91 Å². The van der Waals surface area contributed by atoms with Crippen LogP contribution in [0.5, 0.6) is 0 Å². The third-order valence-electron chi connectivity index (χ3n) is 4.57. The highest BCUT2D eigenvalue weighted by atomic mass is 35.5. The van der Waals surface area contributed by atoms with E-state index in [0.717, 1.165) is 28.2 Å². The third kappa shape index (κ3) is 4.70. The molecule has 0 aliphatic heterocycles. The van der Waals surface area contributed by atoms with E-state index in [2.05, 4.69) is 10.5 Å². The van der Waals surface area contributed by atoms with E-state index < -0.39 is 6.10 Å². The summed E-state index contributed by atoms with van der Waals surface area (Å²) in [4.78, 5) is 12.4. The van der Waals surface area contributed by atoms with E-state index in [0.29, 0.717) is 10.0 Å². The van der Waals surface area contributed by atoms with Crippen LogP contribution in [0.3, 0.4) is 0 Å². The first kappa shape index (κ1) is 21.1. The summed E-state index contributed by atoms with van der Waals surface area (Å²) in [7, 11) is 1.49. The van der Waals surface area contributed by atoms with Crippen molar-refractivity contribution in [2.45, 2.75) is 20.0 Å². The quantitative estimate of drug-likeness (QED) is 0.430. The monoisotopic (exact) mass is 429 g/mol. The first-order chi connectivity index (χ1) is 13.9. The Morgan fingerprint density at radius 3 is 2.55 bits per heavy atom. The molecule has 29 heavy (non-hydrogen) atoms. The van der Waals surface area contributed by atoms with Crippen molar-refractivity contribution in [1.82, 2.24) is 9.99 Å². The zero-order valence-corrected chi connectivity index (χ0v) is 17.8. The molecule has 1 amide bonds. The van der Waals surface area contributed by atoms with E-state index in [1.54, 1.807) is 18.3 Å². The SMILES string of the molecule is CO[C@H](C(=O)N/N=C\c1cc(C)n(-c2cc(Cl)ccc2Cl)c1C)c1ccccc1. The summed E-state index contributed by atoms with van der Waals surface area (Å²) in [6, 6.07) is 16.6. The van der Waals surface area contributed by atoms with E-state index in [1.165, 1.54) is 7.11 Å². The Labute approximate surface area is 179 Å². The molecule has 0 spiro atoms. The molecule has 7 heteroatoms. The topological polar surface area (TPSA) is 55.6 Å². The number of amides is 1. The van der Waals surface area contributed by atoms with Gasteiger partial charge in [0.05, 0.1) is 16.9 Å². The van der Waals surface area contributed by atoms with Crippen LogP contribution in [0, 0.1) is 13.8 Å². The number of rotatable bonds is 6. The van der Waals surface area contributed by atoms with Crippen molar-refractivity contribution < 1.29 is 9.53 Å². The molecule has 0 saturated heterocycles. The molecule has 3 rings (SSSR count). The number of hydrogen-bond acceptors (Lipinski definition) is 3. The Morgan fingerprint density at radius 2 is 1.86 bits per heavy atom. The van der Waals surface area contributed by atoms with Crippen LogP contribution in [-0.4, -0.2) is 23.8 Å². The lowest BCUT2D eigenvalue weighted by Crippen LogP contribution is -2.26. The third-order valence-corrected chi connectivity index (χ3v) is 5.13. The molecule has 1 heterocycles. The van der Waals surface area contributed by atoms with Gasteiger partial charge >= 0.3 is 0 Å². The van der Waals surface area contributed by atoms with E-state index in [4.69, 9.17) is 27.9 Å². The average molecular weight is 430 g/mol. The molecule has 1 aromatic heterocycles. The predicted molar refractivity (Wildman–Crippen MR) is 117 cm³/mol. The summed E-state index contributed by atoms with van der Waals surface area (Å²) < 4.78 is 7.31. The molecule has 0 unspecified atom stereocenters. The van der Waals surface area contributed by atoms with Gasteiger partial charge in [-0.15, -0.1) is 0 Å². The number of benzene rings is 2. The maximum absolute atomic E-state index is 12.4. The van der Waals surface area contributed by atoms with Crippen molar-refractivity contribution >= 4 is 35.3 Å². The maximum Gasteiger partial charge on any atom is 0.273 e. The standard InChI is InChI=1S/C22H21Cl2N3O2/c1-14-11-17(15(2)27(14)20-12-18(23)9-10-19(20)24)13-25-26-22(28)21(29-3)16-7-5-4-6-8-16/h4-13,21H,1-3H3,(H,26,28)/b25-13-/t21-/m0/s1. The zero-order valence-electron chi connectivity index (χ0n) is 16.3. The minimum Gasteiger partial charge on any atom is -0.367 e. The van der Waals surface area contributed by atoms with Gasteiger partial charge < -0.3 is 9.30 Å². The average Bonchev–Trinajstić information content (AvgIpc) is 2.98. The minimum absolute atomic E-state index is 0.346. The van der Waals surface area contributed by atoms with Gasteiger partial charge in [-0.05, 0) is 43.7 Å². The van der Waals surface area contributed by atoms with Crippen LogP contribution in [0.1, 0.15) is 28.6 Å². The summed E-state index contributed by atoms with van der Waals surface area (Å²) in [6.07, 6.45) is 0.874. The van der Waals surface area contributed by atoms with Crippen molar-refractivity contribution in [2.75, 3.05) is 7.11 Å². The van der Waals surface area contributed by atoms with Gasteiger partial charge in [-0.3, -0.25) is 4.79 Å². The molecule has 2 aromatic carbocycles. The Morgan fingerprint density at radius 1 is 1.14 bits per heavy atom. The fourth-order valence-corrected chi connectivity index (χ4v) is 3.56. The fourth-order valence-electron chi connectivity index (χ4n) is 3.19. The van der Waals surface area contributed by atoms with Crippen LogP contribution in [0.25, 0.3) is 5.69 Å². The number of nitrogens with zero attached hydrogens (tertiary/aromatic N) is 2. The van der Waals surface area contributed by atoms with Crippen molar-refractivity contribution in [1.29, 1.82) is 0 Å². The van der Waals surface area contributed by atoms with Crippen LogP contribution in [-0.2, 0) is 9.53 Å². The highest BCUT2D eigenvalue weighted by Crippen LogP contribution is 2.28. The molecule has 0 saturated carbocycles. The molecule has 0 fully saturated rings. The number of ether oxygens (including phenoxy) is 1. The highest BCUT2D eigenvalue weighted by Gasteiger charge is 2.19. The Bertz CT molecular complexity index is 1050. The highest BCUT2D eigenvalue weighted by molar-refractivity contribution is 6.34. The van der Waals surface area contributed by atoms with Crippen molar-refractivity contribution in [2.24, 2.45) is 5.10 Å². The summed E-state index contributed by atoms with van der Waals surface area (Å²) in [6.45, 7) is 3.92. The largest absolute Gasteiger partial charge is 0.367 e. The Balaban J connectivity index is 1.80. The Kier molecular flexibility index (Phi) is 6.75. The van der Waals surface area contributed by atoms with Crippen LogP contribution < -0.4 is 5.43 Å². The fraction of sp³-hybridized carbons (Fsp3) is 0.182. The van der Waals surface area contributed by atoms with Gasteiger partial charge in [0.15, 0.2) is 6.10 Å². The summed E-state index contributed by atoms with van der Waals surface area (Å²) >= 11 is 12.5. The maximum atomic E-state index is 12.4. The van der Waals surface area contributed by atoms with Crippen LogP contribution >= 0.6 is 23.2 Å². The van der Waals surface area contributed by atoms with Crippen LogP contribution in [0.15, 0.2) is 59.7 Å². The lowest BCUT2D eigenvalue weighted by molar-refractivity contribution is -0.131. The number of nitrogens with one attached hydrogen (secondary N) is 1. The van der Waals surface area contributed by atoms with E-state index in [1.807, 2.05) is 60.9 Å². The smallest absolute Gasteiger partial charge is 0.273 e. The van der Waals surface area contributed by atoms with Gasteiger partial charge in [-0.25, -0.2) is 5.43 Å². The predicted octanol–water partition coefficient (Wildman–Crippen LogP) is 5.24. The number of carbonyl (C=O) groups is 1. The van der Waals surface area contributed by atoms with Gasteiger partial charge in [0.25, 0.3) is 5.91 Å². The molecule has 0 radical (unpaired) electrons. The first-order valence-electron chi connectivity index (χ1n) is 8.97. The molecular formula is C22H21Cl2N3O2. The summed E-state index contributed by atoms with van der Waals surface area (Å²) in [5.41, 5.74) is 6.85. The molecule has 1 atom stereocenters. The zero-order chi connectivity index (χ0) is 21.0. The lowest BCUT2D eigenvalue weighted by Gasteiger charge is -2.13. The van der Waals surface area contributed by atoms with E-state index in [9.17, 15) is 4.79 Å². The number of halogens is 2. The number of carbonyl (C=O) groups excluding carboxylic acids is 1. The molecule has 0 bridgehead atoms. The summed E-state index contributed by atoms with van der Waals surface area (Å²) in [5.74, 6) is -0.346. The molecule has 1 N–H and O–H groups in total. The summed E-state index contributed by atoms with van der Waals surface area (Å²) in [5, 5.41) is 5.31. The minimum atomic E-state index is -0.731. The van der Waals surface area contributed by atoms with Gasteiger partial charge in [0, 0.05) is 29.1 Å². The van der Waals surface area contributed by atoms with Gasteiger partial charge in [0.1, 0.15) is 0 Å². The second kappa shape index (κ2) is 9.27. The molecule has 150 valence electrons. The second-order valence-electron chi connectivity index (χ2n) is 6.52. The number of hydrogen-bond donors (Lipinski definition) is 1. The second-order valence-corrected chi connectivity index (χ2v) is 7.36. The van der Waals surface area contributed by atoms with Gasteiger partial charge in [-0.1, -0.05) is 53.5 Å². The Hall–Kier alpha value is -2.60. The van der Waals surface area contributed by atoms with E-state index >= 15 is 0 Å². The van der Waals surface area contributed by atoms with Crippen molar-refractivity contribution in [3.05, 3.63) is 87.2 Å². The first-order valence-corrected chi connectivity index (χ1v) is 9.73. The van der Waals surface area contributed by atoms with Crippen molar-refractivity contribution in [3.8, 4) is 5.69 Å². The number of methoxy groups -OCH3 is 1. The van der Waals surface area contributed by atoms with Crippen LogP contribution in [0.4, 0.5) is 0 Å². The normalized spacial score (nSPS) is 12.3. The molecule has 5 nitrogen and oxygen atoms in total. The number of aromatic nitrogens is 1. The van der Waals surface area contributed by atoms with Gasteiger partial charge in [-0.2, -0.15) is 5.10 Å². The lowest BCUT2D eigenvalue weighted by atomic mass is 10.1. The number of hydrazone groups is 1. The number of aryl methyl sites for hydroxylation is 1. The molecule has 3 aromatic rings. The van der Waals surface area contributed by atoms with Crippen LogP contribution in [0.2, 0.25) is 10.0 Å². The van der Waals surface area contributed by atoms with Gasteiger partial charge in [0.2, 0.25) is 0 Å². The molecular weight excluding hydrogens is 409 g/mol. The molecule has 0 aliphatic rings. The van der Waals surface area contributed by atoms with Crippen molar-refractivity contribution in [3.63, 3.8) is 0 Å².